The molecule has 0 spiro atoms. The summed E-state index contributed by atoms with van der Waals surface area (Å²) in [6.45, 7) is 2.21. The predicted octanol–water partition coefficient (Wildman–Crippen LogP) is 0.579. The Balaban J connectivity index is 2.24. The van der Waals surface area contributed by atoms with Crippen LogP contribution < -0.4 is 5.73 Å². The largest absolute Gasteiger partial charge is 0.379 e. The standard InChI is InChI=1S/C5H8N2S/c1-5-2-3(5)7-4(6)8-5/h3H,2H2,1H3,(H2,6,7)/t3?,5-/m1/s1. The number of nitrogens with two attached hydrogens (primary N) is 1. The molecule has 0 bridgehead atoms. The van der Waals surface area contributed by atoms with Crippen LogP contribution in [0.15, 0.2) is 4.99 Å². The maximum absolute atomic E-state index is 5.45. The van der Waals surface area contributed by atoms with Crippen LogP contribution in [-0.2, 0) is 0 Å². The van der Waals surface area contributed by atoms with Crippen molar-refractivity contribution in [3.63, 3.8) is 0 Å². The van der Waals surface area contributed by atoms with E-state index in [0.717, 1.165) is 5.17 Å². The van der Waals surface area contributed by atoms with Gasteiger partial charge in [-0.1, -0.05) is 11.8 Å². The van der Waals surface area contributed by atoms with Gasteiger partial charge in [0.1, 0.15) is 0 Å². The molecule has 44 valence electrons. The van der Waals surface area contributed by atoms with Crippen LogP contribution in [0.3, 0.4) is 0 Å². The first-order valence-corrected chi connectivity index (χ1v) is 3.55. The Labute approximate surface area is 52.5 Å². The molecule has 1 fully saturated rings. The Morgan fingerprint density at radius 3 is 3.00 bits per heavy atom. The summed E-state index contributed by atoms with van der Waals surface area (Å²) in [5.74, 6) is 0. The molecule has 2 N–H and O–H groups in total. The molecular formula is C5H8N2S. The summed E-state index contributed by atoms with van der Waals surface area (Å²) in [6.07, 6.45) is 1.23. The van der Waals surface area contributed by atoms with E-state index >= 15 is 0 Å². The van der Waals surface area contributed by atoms with E-state index in [0.29, 0.717) is 10.8 Å². The molecule has 1 saturated carbocycles. The summed E-state index contributed by atoms with van der Waals surface area (Å²) < 4.78 is 0.421. The minimum Gasteiger partial charge on any atom is -0.379 e. The number of nitrogens with zero attached hydrogens (tertiary/aromatic N) is 1. The van der Waals surface area contributed by atoms with Crippen molar-refractivity contribution in [3.05, 3.63) is 0 Å². The number of aliphatic imine (C=N–C) groups is 1. The Morgan fingerprint density at radius 1 is 2.00 bits per heavy atom. The predicted molar refractivity (Wildman–Crippen MR) is 36.0 cm³/mol. The number of rotatable bonds is 0. The van der Waals surface area contributed by atoms with Gasteiger partial charge in [0, 0.05) is 4.75 Å². The molecule has 0 amide bonds. The lowest BCUT2D eigenvalue weighted by Gasteiger charge is -1.97. The second-order valence-corrected chi connectivity index (χ2v) is 4.16. The lowest BCUT2D eigenvalue weighted by Crippen LogP contribution is -2.06. The van der Waals surface area contributed by atoms with Gasteiger partial charge in [0.25, 0.3) is 0 Å². The molecule has 2 aliphatic rings. The molecule has 0 aromatic heterocycles. The third kappa shape index (κ3) is 0.426. The number of hydrogen-bond acceptors (Lipinski definition) is 3. The van der Waals surface area contributed by atoms with Crippen molar-refractivity contribution in [3.8, 4) is 0 Å². The zero-order chi connectivity index (χ0) is 5.78. The fourth-order valence-corrected chi connectivity index (χ4v) is 2.12. The Hall–Kier alpha value is -0.180. The minimum absolute atomic E-state index is 0.421. The molecule has 1 unspecified atom stereocenters. The lowest BCUT2D eigenvalue weighted by molar-refractivity contribution is 0.968. The second kappa shape index (κ2) is 1.05. The van der Waals surface area contributed by atoms with E-state index in [9.17, 15) is 0 Å². The Morgan fingerprint density at radius 2 is 2.75 bits per heavy atom. The van der Waals surface area contributed by atoms with Crippen LogP contribution in [0.2, 0.25) is 0 Å². The van der Waals surface area contributed by atoms with Crippen LogP contribution in [0.4, 0.5) is 0 Å². The van der Waals surface area contributed by atoms with Crippen molar-refractivity contribution in [1.82, 2.24) is 0 Å². The van der Waals surface area contributed by atoms with Crippen LogP contribution in [0.1, 0.15) is 13.3 Å². The SMILES string of the molecule is C[C@@]12CC1N=C(N)S2. The average molecular weight is 128 g/mol. The smallest absolute Gasteiger partial charge is 0.154 e. The molecule has 0 saturated heterocycles. The molecule has 0 aromatic carbocycles. The maximum atomic E-state index is 5.45. The molecule has 8 heavy (non-hydrogen) atoms. The third-order valence-corrected chi connectivity index (χ3v) is 2.98. The van der Waals surface area contributed by atoms with E-state index < -0.39 is 0 Å². The van der Waals surface area contributed by atoms with Crippen molar-refractivity contribution in [2.75, 3.05) is 0 Å². The van der Waals surface area contributed by atoms with Gasteiger partial charge in [0.2, 0.25) is 0 Å². The van der Waals surface area contributed by atoms with E-state index in [1.165, 1.54) is 6.42 Å². The van der Waals surface area contributed by atoms with E-state index in [-0.39, 0.29) is 0 Å². The highest BCUT2D eigenvalue weighted by molar-refractivity contribution is 8.15. The van der Waals surface area contributed by atoms with Gasteiger partial charge in [0.05, 0.1) is 6.04 Å². The van der Waals surface area contributed by atoms with E-state index in [4.69, 9.17) is 5.73 Å². The molecule has 2 atom stereocenters. The van der Waals surface area contributed by atoms with E-state index in [2.05, 4.69) is 11.9 Å². The first-order valence-electron chi connectivity index (χ1n) is 2.73. The Kier molecular flexibility index (Phi) is 0.615. The van der Waals surface area contributed by atoms with Gasteiger partial charge >= 0.3 is 0 Å². The molecular weight excluding hydrogens is 120 g/mol. The lowest BCUT2D eigenvalue weighted by atomic mass is 10.5. The van der Waals surface area contributed by atoms with Gasteiger partial charge in [0.15, 0.2) is 5.17 Å². The number of fused-ring (bicyclic) bond motifs is 1. The summed E-state index contributed by atoms with van der Waals surface area (Å²) in [7, 11) is 0. The zero-order valence-electron chi connectivity index (χ0n) is 4.72. The summed E-state index contributed by atoms with van der Waals surface area (Å²) >= 11 is 1.72. The number of hydrogen-bond donors (Lipinski definition) is 1. The molecule has 2 nitrogen and oxygen atoms in total. The van der Waals surface area contributed by atoms with Gasteiger partial charge in [-0.25, -0.2) is 0 Å². The number of thioether (sulfide) groups is 1. The second-order valence-electron chi connectivity index (χ2n) is 2.60. The molecule has 0 radical (unpaired) electrons. The van der Waals surface area contributed by atoms with Gasteiger partial charge in [-0.3, -0.25) is 4.99 Å². The van der Waals surface area contributed by atoms with Crippen molar-refractivity contribution in [2.45, 2.75) is 24.1 Å². The van der Waals surface area contributed by atoms with Gasteiger partial charge in [-0.05, 0) is 13.3 Å². The van der Waals surface area contributed by atoms with Crippen molar-refractivity contribution in [2.24, 2.45) is 10.7 Å². The third-order valence-electron chi connectivity index (χ3n) is 1.76. The van der Waals surface area contributed by atoms with Crippen LogP contribution in [0, 0.1) is 0 Å². The quantitative estimate of drug-likeness (QED) is 0.518. The minimum atomic E-state index is 0.421. The zero-order valence-corrected chi connectivity index (χ0v) is 5.53. The fraction of sp³-hybridized carbons (Fsp3) is 0.800. The first-order chi connectivity index (χ1) is 3.71. The molecule has 1 aliphatic carbocycles. The van der Waals surface area contributed by atoms with Gasteiger partial charge in [-0.15, -0.1) is 0 Å². The molecule has 0 aromatic rings. The summed E-state index contributed by atoms with van der Waals surface area (Å²) in [6, 6.07) is 0.562. The van der Waals surface area contributed by atoms with Crippen LogP contribution in [0.5, 0.6) is 0 Å². The van der Waals surface area contributed by atoms with Crippen molar-refractivity contribution < 1.29 is 0 Å². The first kappa shape index (κ1) is 4.68. The normalized spacial score (nSPS) is 50.6. The molecule has 2 rings (SSSR count). The van der Waals surface area contributed by atoms with Crippen LogP contribution >= 0.6 is 11.8 Å². The van der Waals surface area contributed by atoms with Gasteiger partial charge < -0.3 is 5.73 Å². The monoisotopic (exact) mass is 128 g/mol. The topological polar surface area (TPSA) is 38.4 Å². The summed E-state index contributed by atoms with van der Waals surface area (Å²) in [4.78, 5) is 4.19. The molecule has 1 aliphatic heterocycles. The highest BCUT2D eigenvalue weighted by atomic mass is 32.2. The summed E-state index contributed by atoms with van der Waals surface area (Å²) in [5.41, 5.74) is 5.45. The number of amidine groups is 1. The van der Waals surface area contributed by atoms with Crippen molar-refractivity contribution in [1.29, 1.82) is 0 Å². The average Bonchev–Trinajstić information content (AvgIpc) is 2.07. The van der Waals surface area contributed by atoms with Crippen molar-refractivity contribution >= 4 is 16.9 Å². The van der Waals surface area contributed by atoms with E-state index in [1.54, 1.807) is 11.8 Å². The highest BCUT2D eigenvalue weighted by Crippen LogP contribution is 2.54. The summed E-state index contributed by atoms with van der Waals surface area (Å²) in [5, 5.41) is 0.781. The van der Waals surface area contributed by atoms with Crippen LogP contribution in [0.25, 0.3) is 0 Å². The maximum Gasteiger partial charge on any atom is 0.154 e. The van der Waals surface area contributed by atoms with E-state index in [1.807, 2.05) is 0 Å². The van der Waals surface area contributed by atoms with Gasteiger partial charge in [-0.2, -0.15) is 0 Å². The molecule has 3 heteroatoms. The molecule has 1 heterocycles. The van der Waals surface area contributed by atoms with Crippen LogP contribution in [-0.4, -0.2) is 16.0 Å². The Bertz CT molecular complexity index is 166. The fourth-order valence-electron chi connectivity index (χ4n) is 1.04. The highest BCUT2D eigenvalue weighted by Gasteiger charge is 2.55.